The molecule has 0 heterocycles. The Hall–Kier alpha value is -1.33. The van der Waals surface area contributed by atoms with E-state index >= 15 is 0 Å². The number of nitro benzene ring substituents is 1. The van der Waals surface area contributed by atoms with Crippen molar-refractivity contribution in [1.82, 2.24) is 0 Å². The molecule has 0 radical (unpaired) electrons. The summed E-state index contributed by atoms with van der Waals surface area (Å²) in [4.78, 5) is 10.3. The van der Waals surface area contributed by atoms with Crippen molar-refractivity contribution >= 4 is 23.0 Å². The number of hydrogen-bond donors (Lipinski definition) is 1. The van der Waals surface area contributed by atoms with Gasteiger partial charge in [0, 0.05) is 32.4 Å². The largest absolute Gasteiger partial charge is 0.385 e. The van der Waals surface area contributed by atoms with Crippen LogP contribution in [0.5, 0.6) is 0 Å². The van der Waals surface area contributed by atoms with E-state index in [0.29, 0.717) is 10.4 Å². The molecule has 0 unspecified atom stereocenters. The van der Waals surface area contributed by atoms with Gasteiger partial charge in [-0.05, 0) is 37.2 Å². The van der Waals surface area contributed by atoms with Gasteiger partial charge in [0.15, 0.2) is 0 Å². The van der Waals surface area contributed by atoms with Gasteiger partial charge in [-0.15, -0.1) is 0 Å². The summed E-state index contributed by atoms with van der Waals surface area (Å²) in [6, 6.07) is 2.94. The van der Waals surface area contributed by atoms with Gasteiger partial charge >= 0.3 is 0 Å². The fourth-order valence-electron chi connectivity index (χ4n) is 2.34. The smallest absolute Gasteiger partial charge is 0.271 e. The number of anilines is 1. The predicted octanol–water partition coefficient (Wildman–Crippen LogP) is 3.79. The van der Waals surface area contributed by atoms with Crippen molar-refractivity contribution in [3.05, 3.63) is 32.8 Å². The number of aryl methyl sites for hydroxylation is 1. The van der Waals surface area contributed by atoms with Crippen molar-refractivity contribution in [3.63, 3.8) is 0 Å². The Morgan fingerprint density at radius 1 is 1.50 bits per heavy atom. The minimum atomic E-state index is -0.427. The Kier molecular flexibility index (Phi) is 4.50. The van der Waals surface area contributed by atoms with E-state index in [2.05, 4.69) is 5.32 Å². The third kappa shape index (κ3) is 3.41. The van der Waals surface area contributed by atoms with Crippen LogP contribution in [-0.4, -0.2) is 25.2 Å². The highest BCUT2D eigenvalue weighted by Gasteiger charge is 2.41. The molecule has 0 atom stereocenters. The lowest BCUT2D eigenvalue weighted by Crippen LogP contribution is -2.18. The number of ether oxygens (including phenoxy) is 1. The van der Waals surface area contributed by atoms with Crippen molar-refractivity contribution in [1.29, 1.82) is 0 Å². The quantitative estimate of drug-likeness (QED) is 0.614. The van der Waals surface area contributed by atoms with Gasteiger partial charge in [0.05, 0.1) is 15.6 Å². The summed E-state index contributed by atoms with van der Waals surface area (Å²) >= 11 is 6.14. The minimum absolute atomic E-state index is 0.0265. The van der Waals surface area contributed by atoms with Crippen LogP contribution >= 0.6 is 11.6 Å². The van der Waals surface area contributed by atoms with Crippen molar-refractivity contribution in [2.45, 2.75) is 26.2 Å². The van der Waals surface area contributed by atoms with Gasteiger partial charge in [-0.2, -0.15) is 0 Å². The normalized spacial score (nSPS) is 15.9. The van der Waals surface area contributed by atoms with Crippen molar-refractivity contribution in [2.24, 2.45) is 5.41 Å². The monoisotopic (exact) mass is 298 g/mol. The molecule has 110 valence electrons. The molecule has 0 aromatic heterocycles. The van der Waals surface area contributed by atoms with Crippen LogP contribution in [0.1, 0.15) is 24.8 Å². The van der Waals surface area contributed by atoms with Crippen molar-refractivity contribution in [2.75, 3.05) is 25.6 Å². The third-order valence-electron chi connectivity index (χ3n) is 3.92. The number of hydrogen-bond acceptors (Lipinski definition) is 4. The Morgan fingerprint density at radius 2 is 2.20 bits per heavy atom. The van der Waals surface area contributed by atoms with Crippen LogP contribution in [0.2, 0.25) is 5.02 Å². The Morgan fingerprint density at radius 3 is 2.70 bits per heavy atom. The summed E-state index contributed by atoms with van der Waals surface area (Å²) in [5, 5.41) is 14.5. The summed E-state index contributed by atoms with van der Waals surface area (Å²) in [5.41, 5.74) is 1.92. The van der Waals surface area contributed by atoms with E-state index in [9.17, 15) is 10.1 Å². The molecule has 6 heteroatoms. The molecule has 1 saturated carbocycles. The van der Waals surface area contributed by atoms with Gasteiger partial charge in [0.2, 0.25) is 0 Å². The first-order chi connectivity index (χ1) is 9.47. The van der Waals surface area contributed by atoms with Gasteiger partial charge in [-0.3, -0.25) is 10.1 Å². The molecule has 0 aliphatic heterocycles. The van der Waals surface area contributed by atoms with E-state index in [1.165, 1.54) is 18.9 Å². The van der Waals surface area contributed by atoms with Crippen LogP contribution < -0.4 is 5.32 Å². The van der Waals surface area contributed by atoms with Crippen molar-refractivity contribution in [3.8, 4) is 0 Å². The van der Waals surface area contributed by atoms with Crippen molar-refractivity contribution < 1.29 is 9.66 Å². The SMILES string of the molecule is COCCC1(CNc2c(C)cc([N+](=O)[O-])cc2Cl)CC1. The number of halogens is 1. The Balaban J connectivity index is 2.05. The van der Waals surface area contributed by atoms with Gasteiger partial charge in [0.25, 0.3) is 5.69 Å². The molecule has 1 aliphatic rings. The molecular formula is C14H19ClN2O3. The highest BCUT2D eigenvalue weighted by Crippen LogP contribution is 2.49. The van der Waals surface area contributed by atoms with Crippen LogP contribution in [0.15, 0.2) is 12.1 Å². The topological polar surface area (TPSA) is 64.4 Å². The first-order valence-electron chi connectivity index (χ1n) is 6.65. The second-order valence-corrected chi connectivity index (χ2v) is 5.88. The van der Waals surface area contributed by atoms with Gasteiger partial charge in [-0.1, -0.05) is 11.6 Å². The average Bonchev–Trinajstić information content (AvgIpc) is 3.15. The van der Waals surface area contributed by atoms with E-state index in [1.807, 2.05) is 6.92 Å². The summed E-state index contributed by atoms with van der Waals surface area (Å²) in [6.07, 6.45) is 3.40. The Bertz CT molecular complexity index is 492. The maximum absolute atomic E-state index is 10.8. The van der Waals surface area contributed by atoms with Crippen LogP contribution in [-0.2, 0) is 4.74 Å². The van der Waals surface area contributed by atoms with Crippen LogP contribution in [0.4, 0.5) is 11.4 Å². The zero-order valence-electron chi connectivity index (χ0n) is 11.7. The van der Waals surface area contributed by atoms with Gasteiger partial charge in [0.1, 0.15) is 0 Å². The van der Waals surface area contributed by atoms with Gasteiger partial charge in [-0.25, -0.2) is 0 Å². The van der Waals surface area contributed by atoms with E-state index in [-0.39, 0.29) is 5.69 Å². The summed E-state index contributed by atoms with van der Waals surface area (Å²) in [7, 11) is 1.71. The molecule has 1 aliphatic carbocycles. The molecule has 20 heavy (non-hydrogen) atoms. The van der Waals surface area contributed by atoms with Crippen LogP contribution in [0, 0.1) is 22.5 Å². The molecule has 5 nitrogen and oxygen atoms in total. The lowest BCUT2D eigenvalue weighted by molar-refractivity contribution is -0.384. The zero-order chi connectivity index (χ0) is 14.8. The third-order valence-corrected chi connectivity index (χ3v) is 4.21. The minimum Gasteiger partial charge on any atom is -0.385 e. The number of nitrogens with zero attached hydrogens (tertiary/aromatic N) is 1. The molecule has 0 spiro atoms. The second-order valence-electron chi connectivity index (χ2n) is 5.47. The molecule has 1 N–H and O–H groups in total. The second kappa shape index (κ2) is 5.97. The maximum Gasteiger partial charge on any atom is 0.271 e. The molecule has 1 fully saturated rings. The predicted molar refractivity (Wildman–Crippen MR) is 79.5 cm³/mol. The molecular weight excluding hydrogens is 280 g/mol. The first kappa shape index (κ1) is 15.1. The highest BCUT2D eigenvalue weighted by molar-refractivity contribution is 6.33. The van der Waals surface area contributed by atoms with E-state index in [4.69, 9.17) is 16.3 Å². The summed E-state index contributed by atoms with van der Waals surface area (Å²) in [6.45, 7) is 3.42. The highest BCUT2D eigenvalue weighted by atomic mass is 35.5. The number of benzene rings is 1. The van der Waals surface area contributed by atoms with E-state index < -0.39 is 4.92 Å². The lowest BCUT2D eigenvalue weighted by Gasteiger charge is -2.18. The first-order valence-corrected chi connectivity index (χ1v) is 7.03. The number of non-ortho nitro benzene ring substituents is 1. The number of nitro groups is 1. The molecule has 1 aromatic carbocycles. The molecule has 2 rings (SSSR count). The summed E-state index contributed by atoms with van der Waals surface area (Å²) in [5.74, 6) is 0. The lowest BCUT2D eigenvalue weighted by atomic mass is 10.0. The molecule has 0 bridgehead atoms. The van der Waals surface area contributed by atoms with Crippen LogP contribution in [0.25, 0.3) is 0 Å². The van der Waals surface area contributed by atoms with E-state index in [0.717, 1.165) is 30.8 Å². The summed E-state index contributed by atoms with van der Waals surface area (Å²) < 4.78 is 5.13. The molecule has 0 amide bonds. The average molecular weight is 299 g/mol. The molecule has 1 aromatic rings. The zero-order valence-corrected chi connectivity index (χ0v) is 12.5. The molecule has 0 saturated heterocycles. The number of nitrogens with one attached hydrogen (secondary N) is 1. The van der Waals surface area contributed by atoms with Gasteiger partial charge < -0.3 is 10.1 Å². The number of methoxy groups -OCH3 is 1. The van der Waals surface area contributed by atoms with Crippen LogP contribution in [0.3, 0.4) is 0 Å². The van der Waals surface area contributed by atoms with E-state index in [1.54, 1.807) is 13.2 Å². The fraction of sp³-hybridized carbons (Fsp3) is 0.571. The maximum atomic E-state index is 10.8. The Labute approximate surface area is 123 Å². The fourth-order valence-corrected chi connectivity index (χ4v) is 2.67. The standard InChI is InChI=1S/C14H19ClN2O3/c1-10-7-11(17(18)19)8-12(15)13(10)16-9-14(3-4-14)5-6-20-2/h7-8,16H,3-6,9H2,1-2H3. The number of rotatable bonds is 7.